The highest BCUT2D eigenvalue weighted by Gasteiger charge is 2.50. The number of nitrogens with zero attached hydrogens (tertiary/aromatic N) is 4. The van der Waals surface area contributed by atoms with Crippen LogP contribution in [-0.2, 0) is 21.7 Å². The van der Waals surface area contributed by atoms with Gasteiger partial charge in [-0.3, -0.25) is 0 Å². The summed E-state index contributed by atoms with van der Waals surface area (Å²) < 4.78 is 15.4. The number of hydrogen-bond acceptors (Lipinski definition) is 6. The Kier molecular flexibility index (Phi) is 13.3. The Labute approximate surface area is 533 Å². The topological polar surface area (TPSA) is 31.4 Å². The van der Waals surface area contributed by atoms with Crippen molar-refractivity contribution in [3.8, 4) is 23.0 Å². The Bertz CT molecular complexity index is 4220. The van der Waals surface area contributed by atoms with E-state index in [9.17, 15) is 0 Å². The molecule has 0 aromatic heterocycles. The molecule has 0 saturated carbocycles. The number of anilines is 12. The maximum atomic E-state index is 7.71. The van der Waals surface area contributed by atoms with Crippen LogP contribution >= 0.6 is 0 Å². The standard InChI is InChI=1S/C82H76B2N4O2/c1-79(2,3)53-43-63(81(7,8)9)75-71(45-53)89-73-49-61(85(55-31-19-13-20-32-55)56-33-21-14-22-34-56)47-69-77(73)83(75)65-51-66-68(52-67(65)87(69)59-39-27-17-28-40-59)88(60-41-29-18-30-42-60)70-48-62(86(57-35-23-15-24-36-57)58-37-25-16-26-38-58)50-74-78(70)84(66)76-64(82(10,11)12)44-54(80(4,5)6)46-72(76)90-74/h13-52H,1-12H3. The molecule has 11 aromatic rings. The van der Waals surface area contributed by atoms with E-state index in [1.807, 2.05) is 0 Å². The summed E-state index contributed by atoms with van der Waals surface area (Å²) in [5, 5.41) is 0. The molecular weight excluding hydrogens is 1090 g/mol. The first-order valence-corrected chi connectivity index (χ1v) is 32.0. The van der Waals surface area contributed by atoms with Crippen molar-refractivity contribution in [2.24, 2.45) is 0 Å². The van der Waals surface area contributed by atoms with Crippen LogP contribution in [0.4, 0.5) is 68.2 Å². The maximum absolute atomic E-state index is 7.71. The number of fused-ring (bicyclic) bond motifs is 8. The fourth-order valence-corrected chi connectivity index (χ4v) is 14.5. The Balaban J connectivity index is 1.10. The van der Waals surface area contributed by atoms with Gasteiger partial charge >= 0.3 is 0 Å². The fourth-order valence-electron chi connectivity index (χ4n) is 14.5. The average Bonchev–Trinajstić information content (AvgIpc) is 0.720. The molecule has 15 rings (SSSR count). The molecule has 0 saturated heterocycles. The summed E-state index contributed by atoms with van der Waals surface area (Å²) in [6, 6.07) is 89.4. The van der Waals surface area contributed by atoms with Crippen LogP contribution in [0.1, 0.15) is 105 Å². The second-order valence-electron chi connectivity index (χ2n) is 29.0. The van der Waals surface area contributed by atoms with Crippen molar-refractivity contribution < 1.29 is 9.47 Å². The van der Waals surface area contributed by atoms with Gasteiger partial charge in [-0.1, -0.05) is 210 Å². The summed E-state index contributed by atoms with van der Waals surface area (Å²) >= 11 is 0. The second-order valence-corrected chi connectivity index (χ2v) is 29.0. The van der Waals surface area contributed by atoms with Gasteiger partial charge in [-0.15, -0.1) is 0 Å². The predicted octanol–water partition coefficient (Wildman–Crippen LogP) is 18.6. The van der Waals surface area contributed by atoms with E-state index in [0.717, 1.165) is 102 Å². The number of rotatable bonds is 8. The molecule has 0 N–H and O–H groups in total. The zero-order chi connectivity index (χ0) is 62.2. The molecule has 0 aliphatic carbocycles. The first-order chi connectivity index (χ1) is 43.2. The zero-order valence-electron chi connectivity index (χ0n) is 53.9. The van der Waals surface area contributed by atoms with Crippen LogP contribution in [0.5, 0.6) is 23.0 Å². The molecular formula is C82H76B2N4O2. The molecule has 442 valence electrons. The van der Waals surface area contributed by atoms with Gasteiger partial charge < -0.3 is 29.1 Å². The number of para-hydroxylation sites is 6. The Morgan fingerprint density at radius 2 is 0.578 bits per heavy atom. The van der Waals surface area contributed by atoms with Crippen LogP contribution in [0.15, 0.2) is 243 Å². The molecule has 90 heavy (non-hydrogen) atoms. The largest absolute Gasteiger partial charge is 0.458 e. The van der Waals surface area contributed by atoms with E-state index in [1.165, 1.54) is 44.1 Å². The Morgan fingerprint density at radius 1 is 0.278 bits per heavy atom. The van der Waals surface area contributed by atoms with Crippen molar-refractivity contribution in [3.05, 3.63) is 265 Å². The Hall–Kier alpha value is -9.65. The minimum absolute atomic E-state index is 0.157. The van der Waals surface area contributed by atoms with Gasteiger partial charge in [-0.25, -0.2) is 0 Å². The van der Waals surface area contributed by atoms with Crippen LogP contribution in [0, 0.1) is 0 Å². The van der Waals surface area contributed by atoms with E-state index in [4.69, 9.17) is 9.47 Å². The normalized spacial score (nSPS) is 13.6. The highest BCUT2D eigenvalue weighted by atomic mass is 16.5. The molecule has 0 spiro atoms. The monoisotopic (exact) mass is 1170 g/mol. The fraction of sp³-hybridized carbons (Fsp3) is 0.195. The number of ether oxygens (including phenoxy) is 2. The molecule has 11 aromatic carbocycles. The Morgan fingerprint density at radius 3 is 0.878 bits per heavy atom. The quantitative estimate of drug-likeness (QED) is 0.141. The highest BCUT2D eigenvalue weighted by Crippen LogP contribution is 2.52. The van der Waals surface area contributed by atoms with E-state index in [0.29, 0.717) is 0 Å². The van der Waals surface area contributed by atoms with Crippen molar-refractivity contribution in [1.29, 1.82) is 0 Å². The van der Waals surface area contributed by atoms with Crippen molar-refractivity contribution in [2.45, 2.75) is 105 Å². The first-order valence-electron chi connectivity index (χ1n) is 32.0. The molecule has 4 aliphatic heterocycles. The van der Waals surface area contributed by atoms with Gasteiger partial charge in [-0.05, 0) is 180 Å². The lowest BCUT2D eigenvalue weighted by Gasteiger charge is -2.46. The van der Waals surface area contributed by atoms with Crippen molar-refractivity contribution >= 4 is 114 Å². The first kappa shape index (κ1) is 56.8. The lowest BCUT2D eigenvalue weighted by atomic mass is 9.29. The third kappa shape index (κ3) is 9.48. The second kappa shape index (κ2) is 21.0. The summed E-state index contributed by atoms with van der Waals surface area (Å²) in [7, 11) is 0. The molecule has 4 heterocycles. The molecule has 0 radical (unpaired) electrons. The van der Waals surface area contributed by atoms with Crippen LogP contribution in [0.25, 0.3) is 0 Å². The molecule has 0 amide bonds. The number of benzene rings is 11. The van der Waals surface area contributed by atoms with Crippen LogP contribution in [0.2, 0.25) is 0 Å². The van der Waals surface area contributed by atoms with E-state index in [2.05, 4.69) is 345 Å². The third-order valence-corrected chi connectivity index (χ3v) is 18.8. The molecule has 8 heteroatoms. The van der Waals surface area contributed by atoms with E-state index >= 15 is 0 Å². The van der Waals surface area contributed by atoms with Crippen LogP contribution < -0.4 is 61.9 Å². The van der Waals surface area contributed by atoms with Gasteiger partial charge in [0, 0.05) is 69.0 Å². The molecule has 0 atom stereocenters. The lowest BCUT2D eigenvalue weighted by Crippen LogP contribution is -2.65. The van der Waals surface area contributed by atoms with Crippen LogP contribution in [0.3, 0.4) is 0 Å². The van der Waals surface area contributed by atoms with Crippen molar-refractivity contribution in [3.63, 3.8) is 0 Å². The smallest absolute Gasteiger partial charge is 0.256 e. The van der Waals surface area contributed by atoms with Gasteiger partial charge in [0.1, 0.15) is 23.0 Å². The zero-order valence-corrected chi connectivity index (χ0v) is 53.9. The summed E-state index contributed by atoms with van der Waals surface area (Å²) in [6.07, 6.45) is 0. The van der Waals surface area contributed by atoms with E-state index in [1.54, 1.807) is 0 Å². The number of hydrogen-bond donors (Lipinski definition) is 0. The van der Waals surface area contributed by atoms with E-state index in [-0.39, 0.29) is 35.1 Å². The van der Waals surface area contributed by atoms with Gasteiger partial charge in [-0.2, -0.15) is 0 Å². The van der Waals surface area contributed by atoms with Crippen LogP contribution in [-0.4, -0.2) is 13.4 Å². The van der Waals surface area contributed by atoms with Crippen molar-refractivity contribution in [2.75, 3.05) is 19.6 Å². The van der Waals surface area contributed by atoms with Gasteiger partial charge in [0.15, 0.2) is 0 Å². The summed E-state index contributed by atoms with van der Waals surface area (Å²) in [5.74, 6) is 3.51. The SMILES string of the molecule is CC(C)(C)c1cc2c(c(C(C)(C)C)c1)B1c3cc4c(cc3N(c3ccccc3)c3cc(N(c5ccccc5)c5ccccc5)cc(c31)O2)N(c1ccccc1)c1cc(N(c2ccccc2)c2ccccc2)cc2c1B4c1c(cc(C(C)(C)C)cc1C(C)(C)C)O2. The highest BCUT2D eigenvalue weighted by molar-refractivity contribution is 7.02. The molecule has 4 aliphatic rings. The molecule has 0 fully saturated rings. The predicted molar refractivity (Wildman–Crippen MR) is 382 cm³/mol. The van der Waals surface area contributed by atoms with Gasteiger partial charge in [0.2, 0.25) is 0 Å². The average molecular weight is 1170 g/mol. The molecule has 6 nitrogen and oxygen atoms in total. The molecule has 0 unspecified atom stereocenters. The molecule has 0 bridgehead atoms. The van der Waals surface area contributed by atoms with Gasteiger partial charge in [0.05, 0.1) is 11.4 Å². The summed E-state index contributed by atoms with van der Waals surface area (Å²) in [6.45, 7) is 27.7. The van der Waals surface area contributed by atoms with Gasteiger partial charge in [0.25, 0.3) is 13.4 Å². The third-order valence-electron chi connectivity index (χ3n) is 18.8. The minimum atomic E-state index is -0.260. The maximum Gasteiger partial charge on any atom is 0.256 e. The lowest BCUT2D eigenvalue weighted by molar-refractivity contribution is 0.479. The summed E-state index contributed by atoms with van der Waals surface area (Å²) in [4.78, 5) is 9.83. The minimum Gasteiger partial charge on any atom is -0.458 e. The summed E-state index contributed by atoms with van der Waals surface area (Å²) in [5.41, 5.74) is 24.1. The van der Waals surface area contributed by atoms with Crippen molar-refractivity contribution in [1.82, 2.24) is 0 Å². The van der Waals surface area contributed by atoms with E-state index < -0.39 is 0 Å².